The van der Waals surface area contributed by atoms with Gasteiger partial charge < -0.3 is 15.2 Å². The van der Waals surface area contributed by atoms with Crippen molar-refractivity contribution in [2.45, 2.75) is 12.1 Å². The second-order valence-electron chi connectivity index (χ2n) is 6.41. The molecule has 9 heteroatoms. The van der Waals surface area contributed by atoms with Gasteiger partial charge in [0.05, 0.1) is 11.3 Å². The maximum absolute atomic E-state index is 13.6. The number of nitrogens with zero attached hydrogens (tertiary/aromatic N) is 2. The molecule has 2 aliphatic rings. The topological polar surface area (TPSA) is 72.4 Å². The monoisotopic (exact) mass is 355 g/mol. The number of piperidine rings is 1. The lowest BCUT2D eigenvalue weighted by molar-refractivity contribution is -0.140. The number of aromatic nitrogens is 1. The summed E-state index contributed by atoms with van der Waals surface area (Å²) >= 11 is 0. The number of anilines is 1. The lowest BCUT2D eigenvalue weighted by Crippen LogP contribution is -2.31. The van der Waals surface area contributed by atoms with Crippen LogP contribution in [0, 0.1) is 17.7 Å². The summed E-state index contributed by atoms with van der Waals surface area (Å²) in [4.78, 5) is 13.9. The fourth-order valence-corrected chi connectivity index (χ4v) is 3.65. The van der Waals surface area contributed by atoms with Crippen LogP contribution in [0.1, 0.15) is 27.5 Å². The van der Waals surface area contributed by atoms with Crippen molar-refractivity contribution < 1.29 is 26.9 Å². The van der Waals surface area contributed by atoms with Crippen molar-refractivity contribution in [1.82, 2.24) is 10.1 Å². The molecule has 25 heavy (non-hydrogen) atoms. The van der Waals surface area contributed by atoms with Crippen LogP contribution < -0.4 is 5.73 Å². The minimum absolute atomic E-state index is 0.0889. The van der Waals surface area contributed by atoms with Crippen LogP contribution in [0.4, 0.5) is 23.4 Å². The van der Waals surface area contributed by atoms with Crippen molar-refractivity contribution in [3.05, 3.63) is 46.9 Å². The molecule has 1 aromatic heterocycles. The third-order valence-electron chi connectivity index (χ3n) is 4.89. The SMILES string of the molecule is Nc1cc(C2[C@H]3CN(C(=O)c4ccc(C(F)(F)F)c(F)c4)C[C@@H]23)no1. The van der Waals surface area contributed by atoms with Crippen LogP contribution in [0.25, 0.3) is 0 Å². The zero-order valence-electron chi connectivity index (χ0n) is 12.8. The molecule has 1 saturated carbocycles. The molecule has 0 spiro atoms. The Labute approximate surface area is 139 Å². The van der Waals surface area contributed by atoms with Gasteiger partial charge in [0.2, 0.25) is 5.88 Å². The van der Waals surface area contributed by atoms with E-state index in [1.54, 1.807) is 6.07 Å². The third kappa shape index (κ3) is 2.63. The summed E-state index contributed by atoms with van der Waals surface area (Å²) in [5.41, 5.74) is 4.78. The van der Waals surface area contributed by atoms with Crippen molar-refractivity contribution in [1.29, 1.82) is 0 Å². The number of alkyl halides is 3. The number of carbonyl (C=O) groups excluding carboxylic acids is 1. The lowest BCUT2D eigenvalue weighted by Gasteiger charge is -2.20. The second-order valence-corrected chi connectivity index (χ2v) is 6.41. The molecule has 4 rings (SSSR count). The molecule has 132 valence electrons. The fraction of sp³-hybridized carbons (Fsp3) is 0.375. The van der Waals surface area contributed by atoms with Crippen LogP contribution in [0.15, 0.2) is 28.8 Å². The van der Waals surface area contributed by atoms with Gasteiger partial charge in [-0.05, 0) is 30.0 Å². The Bertz CT molecular complexity index is 836. The van der Waals surface area contributed by atoms with Crippen molar-refractivity contribution >= 4 is 11.8 Å². The molecule has 2 N–H and O–H groups in total. The van der Waals surface area contributed by atoms with Gasteiger partial charge in [-0.1, -0.05) is 5.16 Å². The number of nitrogen functional groups attached to an aromatic ring is 1. The van der Waals surface area contributed by atoms with E-state index < -0.39 is 23.5 Å². The first-order valence-corrected chi connectivity index (χ1v) is 7.64. The molecule has 3 atom stereocenters. The first-order valence-electron chi connectivity index (χ1n) is 7.64. The second kappa shape index (κ2) is 5.21. The average molecular weight is 355 g/mol. The Morgan fingerprint density at radius 1 is 1.24 bits per heavy atom. The highest BCUT2D eigenvalue weighted by atomic mass is 19.4. The number of amides is 1. The third-order valence-corrected chi connectivity index (χ3v) is 4.89. The van der Waals surface area contributed by atoms with E-state index in [-0.39, 0.29) is 29.2 Å². The maximum atomic E-state index is 13.6. The Morgan fingerprint density at radius 3 is 2.44 bits per heavy atom. The van der Waals surface area contributed by atoms with Crippen LogP contribution in [0.5, 0.6) is 0 Å². The molecule has 1 unspecified atom stereocenters. The summed E-state index contributed by atoms with van der Waals surface area (Å²) in [5, 5.41) is 3.87. The summed E-state index contributed by atoms with van der Waals surface area (Å²) in [6, 6.07) is 3.90. The van der Waals surface area contributed by atoms with Crippen LogP contribution in [0.3, 0.4) is 0 Å². The Kier molecular flexibility index (Phi) is 3.32. The Hall–Kier alpha value is -2.58. The average Bonchev–Trinajstić information content (AvgIpc) is 2.88. The highest BCUT2D eigenvalue weighted by molar-refractivity contribution is 5.94. The van der Waals surface area contributed by atoms with E-state index in [0.29, 0.717) is 25.2 Å². The molecular weight excluding hydrogens is 342 g/mol. The number of likely N-dealkylation sites (tertiary alicyclic amines) is 1. The van der Waals surface area contributed by atoms with Gasteiger partial charge in [-0.2, -0.15) is 13.2 Å². The number of halogens is 4. The zero-order valence-corrected chi connectivity index (χ0v) is 12.8. The van der Waals surface area contributed by atoms with Crippen LogP contribution in [0.2, 0.25) is 0 Å². The van der Waals surface area contributed by atoms with Crippen LogP contribution in [-0.2, 0) is 6.18 Å². The number of hydrogen-bond acceptors (Lipinski definition) is 4. The predicted molar refractivity (Wildman–Crippen MR) is 77.9 cm³/mol. The minimum atomic E-state index is -4.78. The summed E-state index contributed by atoms with van der Waals surface area (Å²) in [6.45, 7) is 0.896. The summed E-state index contributed by atoms with van der Waals surface area (Å²) in [6.07, 6.45) is -4.78. The molecule has 2 fully saturated rings. The first-order chi connectivity index (χ1) is 11.8. The number of fused-ring (bicyclic) bond motifs is 1. The molecule has 0 radical (unpaired) electrons. The van der Waals surface area contributed by atoms with Gasteiger partial charge in [-0.15, -0.1) is 0 Å². The van der Waals surface area contributed by atoms with Gasteiger partial charge in [0.25, 0.3) is 5.91 Å². The molecule has 5 nitrogen and oxygen atoms in total. The molecule has 2 aromatic rings. The summed E-state index contributed by atoms with van der Waals surface area (Å²) in [7, 11) is 0. The van der Waals surface area contributed by atoms with Gasteiger partial charge in [-0.3, -0.25) is 4.79 Å². The first kappa shape index (κ1) is 15.9. The number of nitrogens with two attached hydrogens (primary N) is 1. The summed E-state index contributed by atoms with van der Waals surface area (Å²) in [5.74, 6) is -1.08. The number of benzene rings is 1. The van der Waals surface area contributed by atoms with Gasteiger partial charge >= 0.3 is 6.18 Å². The van der Waals surface area contributed by atoms with E-state index in [2.05, 4.69) is 5.16 Å². The van der Waals surface area contributed by atoms with Crippen molar-refractivity contribution in [2.75, 3.05) is 18.8 Å². The molecular formula is C16H13F4N3O2. The van der Waals surface area contributed by atoms with E-state index in [0.717, 1.165) is 11.8 Å². The summed E-state index contributed by atoms with van der Waals surface area (Å²) < 4.78 is 56.2. The quantitative estimate of drug-likeness (QED) is 0.841. The zero-order chi connectivity index (χ0) is 17.9. The van der Waals surface area contributed by atoms with E-state index >= 15 is 0 Å². The van der Waals surface area contributed by atoms with E-state index in [9.17, 15) is 22.4 Å². The largest absolute Gasteiger partial charge is 0.419 e. The normalized spacial score (nSPS) is 25.1. The lowest BCUT2D eigenvalue weighted by atomic mass is 10.1. The fourth-order valence-electron chi connectivity index (χ4n) is 3.65. The van der Waals surface area contributed by atoms with Crippen LogP contribution in [-0.4, -0.2) is 29.1 Å². The highest BCUT2D eigenvalue weighted by Gasteiger charge is 2.58. The van der Waals surface area contributed by atoms with Crippen LogP contribution >= 0.6 is 0 Å². The standard InChI is InChI=1S/C16H13F4N3O2/c17-11-3-7(1-2-10(11)16(18,19)20)15(24)23-5-8-9(6-23)14(8)12-4-13(21)25-22-12/h1-4,8-9,14H,5-6,21H2/t8-,9+,14?. The number of hydrogen-bond donors (Lipinski definition) is 1. The molecule has 2 heterocycles. The molecule has 0 bridgehead atoms. The molecule has 1 aliphatic heterocycles. The highest BCUT2D eigenvalue weighted by Crippen LogP contribution is 2.58. The van der Waals surface area contributed by atoms with E-state index in [1.807, 2.05) is 0 Å². The van der Waals surface area contributed by atoms with Crippen molar-refractivity contribution in [3.8, 4) is 0 Å². The Morgan fingerprint density at radius 2 is 1.92 bits per heavy atom. The molecule has 1 saturated heterocycles. The molecule has 1 aromatic carbocycles. The van der Waals surface area contributed by atoms with Crippen molar-refractivity contribution in [3.63, 3.8) is 0 Å². The minimum Gasteiger partial charge on any atom is -0.368 e. The molecule has 1 amide bonds. The van der Waals surface area contributed by atoms with Gasteiger partial charge in [-0.25, -0.2) is 4.39 Å². The molecule has 1 aliphatic carbocycles. The van der Waals surface area contributed by atoms with Gasteiger partial charge in [0.1, 0.15) is 5.82 Å². The predicted octanol–water partition coefficient (Wildman–Crippen LogP) is 2.90. The number of rotatable bonds is 2. The van der Waals surface area contributed by atoms with E-state index in [1.165, 1.54) is 4.90 Å². The van der Waals surface area contributed by atoms with Crippen molar-refractivity contribution in [2.24, 2.45) is 11.8 Å². The maximum Gasteiger partial charge on any atom is 0.419 e. The smallest absolute Gasteiger partial charge is 0.368 e. The van der Waals surface area contributed by atoms with Gasteiger partial charge in [0.15, 0.2) is 0 Å². The Balaban J connectivity index is 1.45. The number of carbonyl (C=O) groups is 1. The van der Waals surface area contributed by atoms with E-state index in [4.69, 9.17) is 10.3 Å². The van der Waals surface area contributed by atoms with Gasteiger partial charge in [0, 0.05) is 30.6 Å².